The summed E-state index contributed by atoms with van der Waals surface area (Å²) in [5.41, 5.74) is 1.50. The second-order valence-corrected chi connectivity index (χ2v) is 5.91. The van der Waals surface area contributed by atoms with Gasteiger partial charge >= 0.3 is 6.03 Å². The Morgan fingerprint density at radius 2 is 2.00 bits per heavy atom. The van der Waals surface area contributed by atoms with Crippen LogP contribution >= 0.6 is 0 Å². The van der Waals surface area contributed by atoms with E-state index in [9.17, 15) is 9.59 Å². The van der Waals surface area contributed by atoms with Crippen LogP contribution in [-0.2, 0) is 6.54 Å². The Morgan fingerprint density at radius 3 is 2.71 bits per heavy atom. The maximum absolute atomic E-state index is 12.0. The lowest BCUT2D eigenvalue weighted by Crippen LogP contribution is -2.40. The minimum Gasteiger partial charge on any atom is -0.396 e. The number of amides is 2. The highest BCUT2D eigenvalue weighted by atomic mass is 16.3. The lowest BCUT2D eigenvalue weighted by molar-refractivity contribution is 0.204. The van der Waals surface area contributed by atoms with Gasteiger partial charge in [0.15, 0.2) is 0 Å². The van der Waals surface area contributed by atoms with Gasteiger partial charge in [0.05, 0.1) is 6.54 Å². The highest BCUT2D eigenvalue weighted by Gasteiger charge is 2.13. The van der Waals surface area contributed by atoms with Crippen LogP contribution in [0.15, 0.2) is 53.5 Å². The number of aliphatic hydroxyl groups is 1. The van der Waals surface area contributed by atoms with Crippen LogP contribution in [0, 0.1) is 5.92 Å². The molecule has 6 nitrogen and oxygen atoms in total. The van der Waals surface area contributed by atoms with Crippen LogP contribution < -0.4 is 16.2 Å². The summed E-state index contributed by atoms with van der Waals surface area (Å²) in [5, 5.41) is 14.7. The molecular weight excluding hydrogens is 306 g/mol. The van der Waals surface area contributed by atoms with Gasteiger partial charge < -0.3 is 20.3 Å². The molecule has 1 aromatic carbocycles. The first kappa shape index (κ1) is 17.7. The summed E-state index contributed by atoms with van der Waals surface area (Å²) in [5.74, 6) is -0.0213. The molecule has 0 aliphatic heterocycles. The van der Waals surface area contributed by atoms with Crippen LogP contribution in [0.5, 0.6) is 0 Å². The van der Waals surface area contributed by atoms with Crippen molar-refractivity contribution in [1.29, 1.82) is 0 Å². The van der Waals surface area contributed by atoms with Crippen molar-refractivity contribution in [2.75, 3.05) is 11.9 Å². The Morgan fingerprint density at radius 1 is 1.21 bits per heavy atom. The van der Waals surface area contributed by atoms with Crippen molar-refractivity contribution in [3.8, 4) is 0 Å². The largest absolute Gasteiger partial charge is 0.396 e. The summed E-state index contributed by atoms with van der Waals surface area (Å²) < 4.78 is 1.60. The Kier molecular flexibility index (Phi) is 6.14. The third-order valence-electron chi connectivity index (χ3n) is 3.94. The van der Waals surface area contributed by atoms with Crippen molar-refractivity contribution in [3.63, 3.8) is 0 Å². The van der Waals surface area contributed by atoms with Gasteiger partial charge in [0.25, 0.3) is 5.56 Å². The zero-order chi connectivity index (χ0) is 17.5. The first-order chi connectivity index (χ1) is 11.5. The van der Waals surface area contributed by atoms with Gasteiger partial charge in [0, 0.05) is 30.6 Å². The van der Waals surface area contributed by atoms with E-state index in [4.69, 9.17) is 5.11 Å². The van der Waals surface area contributed by atoms with Crippen molar-refractivity contribution in [3.05, 3.63) is 64.6 Å². The van der Waals surface area contributed by atoms with Gasteiger partial charge in [-0.05, 0) is 36.6 Å². The molecule has 0 saturated carbocycles. The number of nitrogens with zero attached hydrogens (tertiary/aromatic N) is 1. The molecule has 1 aromatic heterocycles. The van der Waals surface area contributed by atoms with Crippen LogP contribution in [0.4, 0.5) is 10.5 Å². The van der Waals surface area contributed by atoms with E-state index >= 15 is 0 Å². The van der Waals surface area contributed by atoms with Gasteiger partial charge in [-0.15, -0.1) is 0 Å². The molecule has 0 radical (unpaired) electrons. The number of aromatic nitrogens is 1. The number of hydrogen-bond donors (Lipinski definition) is 3. The monoisotopic (exact) mass is 329 g/mol. The molecule has 3 N–H and O–H groups in total. The lowest BCUT2D eigenvalue weighted by Gasteiger charge is -2.19. The van der Waals surface area contributed by atoms with E-state index in [1.165, 1.54) is 6.07 Å². The fourth-order valence-corrected chi connectivity index (χ4v) is 2.21. The van der Waals surface area contributed by atoms with E-state index in [2.05, 4.69) is 10.6 Å². The van der Waals surface area contributed by atoms with Gasteiger partial charge in [-0.3, -0.25) is 4.79 Å². The molecule has 0 fully saturated rings. The highest BCUT2D eigenvalue weighted by molar-refractivity contribution is 5.89. The van der Waals surface area contributed by atoms with Gasteiger partial charge in [-0.25, -0.2) is 4.79 Å². The van der Waals surface area contributed by atoms with E-state index < -0.39 is 0 Å². The van der Waals surface area contributed by atoms with Crippen molar-refractivity contribution >= 4 is 11.7 Å². The third-order valence-corrected chi connectivity index (χ3v) is 3.94. The van der Waals surface area contributed by atoms with Crippen molar-refractivity contribution in [2.24, 2.45) is 5.92 Å². The molecule has 0 aliphatic rings. The number of urea groups is 1. The molecule has 24 heavy (non-hydrogen) atoms. The molecule has 2 atom stereocenters. The van der Waals surface area contributed by atoms with Gasteiger partial charge in [-0.2, -0.15) is 0 Å². The maximum Gasteiger partial charge on any atom is 0.319 e. The first-order valence-corrected chi connectivity index (χ1v) is 7.92. The number of hydrogen-bond acceptors (Lipinski definition) is 3. The molecule has 0 aliphatic carbocycles. The fourth-order valence-electron chi connectivity index (χ4n) is 2.21. The third kappa shape index (κ3) is 4.96. The standard InChI is InChI=1S/C18H23N3O3/c1-13(12-22)14(2)19-18(24)20-16-7-5-6-15(10-16)11-21-9-4-3-8-17(21)23/h3-10,13-14,22H,11-12H2,1-2H3,(H2,19,20,24). The van der Waals surface area contributed by atoms with Crippen LogP contribution in [-0.4, -0.2) is 28.4 Å². The Bertz CT molecular complexity index is 742. The topological polar surface area (TPSA) is 83.4 Å². The Hall–Kier alpha value is -2.60. The highest BCUT2D eigenvalue weighted by Crippen LogP contribution is 2.12. The summed E-state index contributed by atoms with van der Waals surface area (Å²) in [6.07, 6.45) is 1.73. The zero-order valence-corrected chi connectivity index (χ0v) is 13.9. The summed E-state index contributed by atoms with van der Waals surface area (Å²) in [6, 6.07) is 11.9. The average Bonchev–Trinajstić information content (AvgIpc) is 2.56. The summed E-state index contributed by atoms with van der Waals surface area (Å²) in [7, 11) is 0. The van der Waals surface area contributed by atoms with Crippen molar-refractivity contribution in [2.45, 2.75) is 26.4 Å². The number of anilines is 1. The molecule has 6 heteroatoms. The molecule has 1 heterocycles. The SMILES string of the molecule is CC(CO)C(C)NC(=O)Nc1cccc(Cn2ccccc2=O)c1. The number of rotatable bonds is 6. The minimum absolute atomic E-state index is 0.0166. The number of pyridine rings is 1. The smallest absolute Gasteiger partial charge is 0.319 e. The molecule has 0 spiro atoms. The molecule has 128 valence electrons. The van der Waals surface area contributed by atoms with Crippen LogP contribution in [0.3, 0.4) is 0 Å². The predicted molar refractivity (Wildman–Crippen MR) is 94.1 cm³/mol. The van der Waals surface area contributed by atoms with E-state index in [0.717, 1.165) is 5.56 Å². The predicted octanol–water partition coefficient (Wildman–Crippen LogP) is 2.04. The Balaban J connectivity index is 2.01. The molecule has 2 aromatic rings. The quantitative estimate of drug-likeness (QED) is 0.758. The van der Waals surface area contributed by atoms with Crippen molar-refractivity contribution in [1.82, 2.24) is 9.88 Å². The zero-order valence-electron chi connectivity index (χ0n) is 13.9. The number of aliphatic hydroxyl groups excluding tert-OH is 1. The molecule has 2 amide bonds. The second kappa shape index (κ2) is 8.31. The molecule has 0 bridgehead atoms. The van der Waals surface area contributed by atoms with E-state index in [0.29, 0.717) is 12.2 Å². The number of nitrogens with one attached hydrogen (secondary N) is 2. The molecule has 0 saturated heterocycles. The van der Waals surface area contributed by atoms with E-state index in [-0.39, 0.29) is 30.2 Å². The lowest BCUT2D eigenvalue weighted by atomic mass is 10.1. The molecule has 2 rings (SSSR count). The van der Waals surface area contributed by atoms with Gasteiger partial charge in [-0.1, -0.05) is 25.1 Å². The van der Waals surface area contributed by atoms with E-state index in [1.54, 1.807) is 29.0 Å². The fraction of sp³-hybridized carbons (Fsp3) is 0.333. The Labute approximate surface area is 141 Å². The van der Waals surface area contributed by atoms with Crippen LogP contribution in [0.2, 0.25) is 0 Å². The van der Waals surface area contributed by atoms with Gasteiger partial charge in [0.1, 0.15) is 0 Å². The summed E-state index contributed by atoms with van der Waals surface area (Å²) in [6.45, 7) is 4.17. The number of benzene rings is 1. The molecular formula is C18H23N3O3. The summed E-state index contributed by atoms with van der Waals surface area (Å²) >= 11 is 0. The summed E-state index contributed by atoms with van der Waals surface area (Å²) in [4.78, 5) is 23.8. The maximum atomic E-state index is 12.0. The number of carbonyl (C=O) groups excluding carboxylic acids is 1. The van der Waals surface area contributed by atoms with Crippen LogP contribution in [0.1, 0.15) is 19.4 Å². The van der Waals surface area contributed by atoms with Crippen molar-refractivity contribution < 1.29 is 9.90 Å². The second-order valence-electron chi connectivity index (χ2n) is 5.91. The molecule has 2 unspecified atom stereocenters. The van der Waals surface area contributed by atoms with Gasteiger partial charge in [0.2, 0.25) is 0 Å². The normalized spacial score (nSPS) is 13.1. The number of carbonyl (C=O) groups is 1. The first-order valence-electron chi connectivity index (χ1n) is 7.92. The minimum atomic E-state index is -0.322. The van der Waals surface area contributed by atoms with E-state index in [1.807, 2.05) is 32.0 Å². The van der Waals surface area contributed by atoms with Crippen LogP contribution in [0.25, 0.3) is 0 Å². The average molecular weight is 329 g/mol.